The summed E-state index contributed by atoms with van der Waals surface area (Å²) in [5.41, 5.74) is 6.94. The highest BCUT2D eigenvalue weighted by molar-refractivity contribution is 5.86. The predicted octanol–water partition coefficient (Wildman–Crippen LogP) is 6.18. The van der Waals surface area contributed by atoms with Crippen molar-refractivity contribution in [1.82, 2.24) is 10.3 Å². The Labute approximate surface area is 187 Å². The van der Waals surface area contributed by atoms with Gasteiger partial charge in [0, 0.05) is 29.6 Å². The molecule has 5 rings (SSSR count). The summed E-state index contributed by atoms with van der Waals surface area (Å²) in [7, 11) is 0. The molecule has 0 radical (unpaired) electrons. The molecule has 0 atom stereocenters. The van der Waals surface area contributed by atoms with Crippen molar-refractivity contribution in [2.75, 3.05) is 13.2 Å². The van der Waals surface area contributed by atoms with Crippen LogP contribution in [0.4, 0.5) is 4.79 Å². The van der Waals surface area contributed by atoms with Crippen molar-refractivity contribution in [3.63, 3.8) is 0 Å². The van der Waals surface area contributed by atoms with Crippen molar-refractivity contribution >= 4 is 23.1 Å². The number of nitrogens with one attached hydrogen (secondary N) is 1. The van der Waals surface area contributed by atoms with Crippen LogP contribution in [0, 0.1) is 0 Å². The van der Waals surface area contributed by atoms with Gasteiger partial charge >= 0.3 is 6.09 Å². The number of benzene rings is 3. The molecule has 0 spiro atoms. The Morgan fingerprint density at radius 2 is 1.62 bits per heavy atom. The van der Waals surface area contributed by atoms with E-state index in [1.54, 1.807) is 6.20 Å². The number of hydrogen-bond donors (Lipinski definition) is 1. The summed E-state index contributed by atoms with van der Waals surface area (Å²) in [4.78, 5) is 16.7. The molecule has 0 saturated heterocycles. The van der Waals surface area contributed by atoms with Gasteiger partial charge in [0.05, 0.1) is 5.52 Å². The topological polar surface area (TPSA) is 51.2 Å². The minimum atomic E-state index is -0.382. The first-order valence-corrected chi connectivity index (χ1v) is 10.9. The second-order valence-electron chi connectivity index (χ2n) is 7.87. The van der Waals surface area contributed by atoms with Crippen molar-refractivity contribution in [1.29, 1.82) is 0 Å². The maximum atomic E-state index is 12.3. The zero-order chi connectivity index (χ0) is 21.8. The van der Waals surface area contributed by atoms with E-state index in [2.05, 4.69) is 52.8 Å². The second-order valence-corrected chi connectivity index (χ2v) is 7.87. The van der Waals surface area contributed by atoms with Gasteiger partial charge in [-0.25, -0.2) is 4.79 Å². The molecule has 0 unspecified atom stereocenters. The van der Waals surface area contributed by atoms with Gasteiger partial charge < -0.3 is 10.1 Å². The fourth-order valence-electron chi connectivity index (χ4n) is 4.38. The molecule has 0 saturated carbocycles. The fourth-order valence-corrected chi connectivity index (χ4v) is 4.38. The van der Waals surface area contributed by atoms with Gasteiger partial charge in [-0.3, -0.25) is 4.98 Å². The molecule has 4 heteroatoms. The number of para-hydroxylation sites is 1. The van der Waals surface area contributed by atoms with Crippen LogP contribution in [0.1, 0.15) is 29.0 Å². The number of carbonyl (C=O) groups excluding carboxylic acids is 1. The van der Waals surface area contributed by atoms with E-state index < -0.39 is 0 Å². The third kappa shape index (κ3) is 4.00. The van der Waals surface area contributed by atoms with E-state index in [0.29, 0.717) is 19.6 Å². The SMILES string of the molecule is O=C(NCCC=Cc1cccc2cccnc12)OCC1c2ccccc2-c2ccccc21. The minimum absolute atomic E-state index is 0.0758. The lowest BCUT2D eigenvalue weighted by Gasteiger charge is -2.14. The predicted molar refractivity (Wildman–Crippen MR) is 128 cm³/mol. The zero-order valence-electron chi connectivity index (χ0n) is 17.7. The van der Waals surface area contributed by atoms with Gasteiger partial charge in [0.25, 0.3) is 0 Å². The lowest BCUT2D eigenvalue weighted by atomic mass is 9.98. The average molecular weight is 421 g/mol. The molecule has 0 aliphatic heterocycles. The van der Waals surface area contributed by atoms with E-state index >= 15 is 0 Å². The van der Waals surface area contributed by atoms with Crippen LogP contribution < -0.4 is 5.32 Å². The second kappa shape index (κ2) is 9.06. The number of hydrogen-bond acceptors (Lipinski definition) is 3. The van der Waals surface area contributed by atoms with Gasteiger partial charge in [0.15, 0.2) is 0 Å². The quantitative estimate of drug-likeness (QED) is 0.379. The van der Waals surface area contributed by atoms with Gasteiger partial charge in [-0.15, -0.1) is 0 Å². The van der Waals surface area contributed by atoms with Gasteiger partial charge in [0.1, 0.15) is 6.61 Å². The Hall–Kier alpha value is -3.92. The summed E-state index contributed by atoms with van der Waals surface area (Å²) in [6, 6.07) is 26.8. The van der Waals surface area contributed by atoms with Gasteiger partial charge in [0.2, 0.25) is 0 Å². The Morgan fingerprint density at radius 3 is 2.41 bits per heavy atom. The van der Waals surface area contributed by atoms with E-state index in [-0.39, 0.29) is 12.0 Å². The number of alkyl carbamates (subject to hydrolysis) is 1. The first-order chi connectivity index (χ1) is 15.8. The van der Waals surface area contributed by atoms with E-state index in [9.17, 15) is 4.79 Å². The summed E-state index contributed by atoms with van der Waals surface area (Å²) in [6.45, 7) is 0.850. The molecule has 1 N–H and O–H groups in total. The van der Waals surface area contributed by atoms with Gasteiger partial charge in [-0.05, 0) is 34.7 Å². The fraction of sp³-hybridized carbons (Fsp3) is 0.143. The molecule has 4 aromatic rings. The molecule has 32 heavy (non-hydrogen) atoms. The highest BCUT2D eigenvalue weighted by Crippen LogP contribution is 2.44. The third-order valence-corrected chi connectivity index (χ3v) is 5.89. The number of carbonyl (C=O) groups is 1. The van der Waals surface area contributed by atoms with Crippen molar-refractivity contribution in [2.24, 2.45) is 0 Å². The number of fused-ring (bicyclic) bond motifs is 4. The van der Waals surface area contributed by atoms with Crippen LogP contribution >= 0.6 is 0 Å². The van der Waals surface area contributed by atoms with E-state index in [4.69, 9.17) is 4.74 Å². The third-order valence-electron chi connectivity index (χ3n) is 5.89. The Balaban J connectivity index is 1.14. The highest BCUT2D eigenvalue weighted by atomic mass is 16.5. The largest absolute Gasteiger partial charge is 0.449 e. The minimum Gasteiger partial charge on any atom is -0.449 e. The Morgan fingerprint density at radius 1 is 0.906 bits per heavy atom. The molecule has 4 nitrogen and oxygen atoms in total. The number of amides is 1. The molecule has 1 heterocycles. The van der Waals surface area contributed by atoms with Gasteiger partial charge in [-0.1, -0.05) is 84.9 Å². The molecular weight excluding hydrogens is 396 g/mol. The van der Waals surface area contributed by atoms with Crippen molar-refractivity contribution in [2.45, 2.75) is 12.3 Å². The molecule has 1 aliphatic carbocycles. The highest BCUT2D eigenvalue weighted by Gasteiger charge is 2.28. The molecule has 158 valence electrons. The van der Waals surface area contributed by atoms with Crippen molar-refractivity contribution in [3.05, 3.63) is 108 Å². The number of nitrogens with zero attached hydrogens (tertiary/aromatic N) is 1. The summed E-state index contributed by atoms with van der Waals surface area (Å²) >= 11 is 0. The molecule has 1 aromatic heterocycles. The summed E-state index contributed by atoms with van der Waals surface area (Å²) in [5, 5.41) is 3.97. The van der Waals surface area contributed by atoms with Crippen LogP contribution in [0.25, 0.3) is 28.1 Å². The molecule has 3 aromatic carbocycles. The van der Waals surface area contributed by atoms with Crippen molar-refractivity contribution < 1.29 is 9.53 Å². The maximum absolute atomic E-state index is 12.3. The standard InChI is InChI=1S/C28H24N2O2/c31-28(30-17-6-5-9-20-10-7-11-21-12-8-18-29-27(20)21)32-19-26-24-15-3-1-13-22(24)23-14-2-4-16-25(23)26/h1-5,7-16,18,26H,6,17,19H2,(H,30,31). The number of pyridine rings is 1. The number of ether oxygens (including phenoxy) is 1. The first kappa shape index (κ1) is 20.0. The van der Waals surface area contributed by atoms with E-state index in [1.165, 1.54) is 22.3 Å². The first-order valence-electron chi connectivity index (χ1n) is 10.9. The maximum Gasteiger partial charge on any atom is 0.407 e. The van der Waals surface area contributed by atoms with Crippen LogP contribution in [0.2, 0.25) is 0 Å². The lowest BCUT2D eigenvalue weighted by Crippen LogP contribution is -2.26. The van der Waals surface area contributed by atoms with Crippen LogP contribution in [-0.4, -0.2) is 24.2 Å². The summed E-state index contributed by atoms with van der Waals surface area (Å²) in [6.07, 6.45) is 6.24. The Bertz CT molecular complexity index is 1240. The number of rotatable bonds is 6. The molecule has 1 amide bonds. The monoisotopic (exact) mass is 420 g/mol. The van der Waals surface area contributed by atoms with Crippen LogP contribution in [-0.2, 0) is 4.74 Å². The summed E-state index contributed by atoms with van der Waals surface area (Å²) in [5.74, 6) is 0.0758. The number of aromatic nitrogens is 1. The van der Waals surface area contributed by atoms with Crippen LogP contribution in [0.15, 0.2) is 91.1 Å². The molecule has 0 bridgehead atoms. The van der Waals surface area contributed by atoms with E-state index in [0.717, 1.165) is 16.5 Å². The Kier molecular flexibility index (Phi) is 5.67. The van der Waals surface area contributed by atoms with Crippen molar-refractivity contribution in [3.8, 4) is 11.1 Å². The van der Waals surface area contributed by atoms with E-state index in [1.807, 2.05) is 48.5 Å². The van der Waals surface area contributed by atoms with Crippen LogP contribution in [0.3, 0.4) is 0 Å². The summed E-state index contributed by atoms with van der Waals surface area (Å²) < 4.78 is 5.58. The molecular formula is C28H24N2O2. The van der Waals surface area contributed by atoms with Crippen LogP contribution in [0.5, 0.6) is 0 Å². The molecule has 0 fully saturated rings. The van der Waals surface area contributed by atoms with Gasteiger partial charge in [-0.2, -0.15) is 0 Å². The zero-order valence-corrected chi connectivity index (χ0v) is 17.7. The normalized spacial score (nSPS) is 12.6. The molecule has 1 aliphatic rings. The smallest absolute Gasteiger partial charge is 0.407 e. The average Bonchev–Trinajstić information content (AvgIpc) is 3.16. The lowest BCUT2D eigenvalue weighted by molar-refractivity contribution is 0.143.